The van der Waals surface area contributed by atoms with E-state index in [1.54, 1.807) is 29.8 Å². The Morgan fingerprint density at radius 2 is 1.96 bits per heavy atom. The fraction of sp³-hybridized carbons (Fsp3) is 0.0500. The van der Waals surface area contributed by atoms with Gasteiger partial charge in [0.15, 0.2) is 0 Å². The van der Waals surface area contributed by atoms with E-state index in [1.165, 1.54) is 4.70 Å². The summed E-state index contributed by atoms with van der Waals surface area (Å²) in [5.41, 5.74) is 3.24. The van der Waals surface area contributed by atoms with Crippen molar-refractivity contribution < 1.29 is 4.79 Å². The van der Waals surface area contributed by atoms with Crippen LogP contribution in [0, 0.1) is 0 Å². The second kappa shape index (κ2) is 6.83. The first-order valence-corrected chi connectivity index (χ1v) is 8.80. The number of amides is 1. The summed E-state index contributed by atoms with van der Waals surface area (Å²) in [6, 6.07) is 17.5. The zero-order chi connectivity index (χ0) is 17.1. The summed E-state index contributed by atoms with van der Waals surface area (Å²) in [6.45, 7) is 0.431. The van der Waals surface area contributed by atoms with Crippen molar-refractivity contribution >= 4 is 27.3 Å². The molecule has 122 valence electrons. The van der Waals surface area contributed by atoms with E-state index in [1.807, 2.05) is 36.4 Å². The number of carbonyl (C=O) groups excluding carboxylic acids is 1. The van der Waals surface area contributed by atoms with Crippen molar-refractivity contribution in [2.24, 2.45) is 0 Å². The van der Waals surface area contributed by atoms with Crippen LogP contribution in [0.15, 0.2) is 72.4 Å². The molecular weight excluding hydrogens is 330 g/mol. The molecule has 4 aromatic rings. The molecule has 0 radical (unpaired) electrons. The molecule has 0 saturated carbocycles. The summed E-state index contributed by atoms with van der Waals surface area (Å²) in [7, 11) is 0. The molecule has 5 heteroatoms. The summed E-state index contributed by atoms with van der Waals surface area (Å²) in [5.74, 6) is -0.190. The van der Waals surface area contributed by atoms with Crippen LogP contribution in [0.4, 0.5) is 0 Å². The molecule has 0 aliphatic heterocycles. The van der Waals surface area contributed by atoms with Crippen molar-refractivity contribution in [3.8, 4) is 11.3 Å². The molecule has 0 fully saturated rings. The van der Waals surface area contributed by atoms with E-state index in [9.17, 15) is 4.79 Å². The number of nitrogens with zero attached hydrogens (tertiary/aromatic N) is 2. The monoisotopic (exact) mass is 345 g/mol. The summed E-state index contributed by atoms with van der Waals surface area (Å²) in [4.78, 5) is 21.0. The number of thiophene rings is 1. The van der Waals surface area contributed by atoms with Crippen molar-refractivity contribution in [3.05, 3.63) is 83.6 Å². The van der Waals surface area contributed by atoms with Gasteiger partial charge >= 0.3 is 0 Å². The van der Waals surface area contributed by atoms with E-state index in [2.05, 4.69) is 32.8 Å². The lowest BCUT2D eigenvalue weighted by Crippen LogP contribution is -2.23. The molecule has 0 atom stereocenters. The minimum Gasteiger partial charge on any atom is -0.347 e. The van der Waals surface area contributed by atoms with Gasteiger partial charge in [0.2, 0.25) is 0 Å². The van der Waals surface area contributed by atoms with E-state index >= 15 is 0 Å². The molecule has 0 aliphatic rings. The molecule has 4 rings (SSSR count). The van der Waals surface area contributed by atoms with Crippen LogP contribution < -0.4 is 5.32 Å². The smallest absolute Gasteiger partial charge is 0.270 e. The van der Waals surface area contributed by atoms with Crippen molar-refractivity contribution in [1.29, 1.82) is 0 Å². The zero-order valence-corrected chi connectivity index (χ0v) is 14.2. The van der Waals surface area contributed by atoms with Crippen molar-refractivity contribution in [2.75, 3.05) is 0 Å². The maximum Gasteiger partial charge on any atom is 0.270 e. The van der Waals surface area contributed by atoms with Crippen LogP contribution in [-0.2, 0) is 6.54 Å². The Bertz CT molecular complexity index is 1030. The highest BCUT2D eigenvalue weighted by Gasteiger charge is 2.11. The van der Waals surface area contributed by atoms with E-state index in [0.717, 1.165) is 22.2 Å². The first-order chi connectivity index (χ1) is 12.3. The van der Waals surface area contributed by atoms with Crippen molar-refractivity contribution in [3.63, 3.8) is 0 Å². The normalized spacial score (nSPS) is 10.7. The number of fused-ring (bicyclic) bond motifs is 1. The zero-order valence-electron chi connectivity index (χ0n) is 13.3. The number of benzene rings is 1. The molecule has 1 aromatic carbocycles. The average molecular weight is 345 g/mol. The summed E-state index contributed by atoms with van der Waals surface area (Å²) in [6.07, 6.45) is 3.45. The van der Waals surface area contributed by atoms with Crippen LogP contribution in [0.1, 0.15) is 16.1 Å². The van der Waals surface area contributed by atoms with Crippen LogP contribution in [-0.4, -0.2) is 15.9 Å². The molecule has 0 unspecified atom stereocenters. The highest BCUT2D eigenvalue weighted by atomic mass is 32.1. The minimum absolute atomic E-state index is 0.190. The molecule has 4 nitrogen and oxygen atoms in total. The predicted molar refractivity (Wildman–Crippen MR) is 100 cm³/mol. The van der Waals surface area contributed by atoms with Crippen LogP contribution in [0.3, 0.4) is 0 Å². The van der Waals surface area contributed by atoms with Gasteiger partial charge in [-0.25, -0.2) is 4.98 Å². The lowest BCUT2D eigenvalue weighted by Gasteiger charge is -2.06. The summed E-state index contributed by atoms with van der Waals surface area (Å²) >= 11 is 1.68. The third-order valence-corrected chi connectivity index (χ3v) is 4.88. The van der Waals surface area contributed by atoms with Gasteiger partial charge in [-0.2, -0.15) is 0 Å². The molecular formula is C20H15N3OS. The largest absolute Gasteiger partial charge is 0.347 e. The minimum atomic E-state index is -0.190. The van der Waals surface area contributed by atoms with Gasteiger partial charge in [0.25, 0.3) is 5.91 Å². The predicted octanol–water partition coefficient (Wildman–Crippen LogP) is 4.29. The van der Waals surface area contributed by atoms with Gasteiger partial charge in [-0.15, -0.1) is 11.3 Å². The number of aromatic nitrogens is 2. The molecule has 3 aromatic heterocycles. The Kier molecular flexibility index (Phi) is 4.23. The van der Waals surface area contributed by atoms with E-state index in [-0.39, 0.29) is 5.91 Å². The maximum absolute atomic E-state index is 12.4. The van der Waals surface area contributed by atoms with E-state index in [4.69, 9.17) is 0 Å². The number of pyridine rings is 2. The first-order valence-electron chi connectivity index (χ1n) is 7.92. The highest BCUT2D eigenvalue weighted by Crippen LogP contribution is 2.32. The Morgan fingerprint density at radius 3 is 2.84 bits per heavy atom. The summed E-state index contributed by atoms with van der Waals surface area (Å²) in [5, 5.41) is 6.13. The van der Waals surface area contributed by atoms with Crippen LogP contribution >= 0.6 is 11.3 Å². The van der Waals surface area contributed by atoms with Crippen molar-refractivity contribution in [2.45, 2.75) is 6.54 Å². The van der Waals surface area contributed by atoms with Gasteiger partial charge in [-0.1, -0.05) is 30.3 Å². The second-order valence-corrected chi connectivity index (χ2v) is 6.51. The lowest BCUT2D eigenvalue weighted by molar-refractivity contribution is 0.0946. The molecule has 0 aliphatic carbocycles. The number of rotatable bonds is 4. The van der Waals surface area contributed by atoms with Gasteiger partial charge in [0, 0.05) is 40.0 Å². The molecule has 0 bridgehead atoms. The third-order valence-electron chi connectivity index (χ3n) is 3.91. The number of nitrogens with one attached hydrogen (secondary N) is 1. The molecule has 1 N–H and O–H groups in total. The SMILES string of the molecule is O=C(NCc1cccnc1)c1cccc(-c2csc3ccccc23)n1. The Hall–Kier alpha value is -3.05. The van der Waals surface area contributed by atoms with E-state index in [0.29, 0.717) is 12.2 Å². The fourth-order valence-corrected chi connectivity index (χ4v) is 3.62. The highest BCUT2D eigenvalue weighted by molar-refractivity contribution is 7.17. The Balaban J connectivity index is 1.58. The van der Waals surface area contributed by atoms with Crippen LogP contribution in [0.5, 0.6) is 0 Å². The standard InChI is InChI=1S/C20H15N3OS/c24-20(22-12-14-5-4-10-21-11-14)18-8-3-7-17(23-18)16-13-25-19-9-2-1-6-15(16)19/h1-11,13H,12H2,(H,22,24). The van der Waals surface area contributed by atoms with Crippen molar-refractivity contribution in [1.82, 2.24) is 15.3 Å². The Labute approximate surface area is 149 Å². The first kappa shape index (κ1) is 15.5. The van der Waals surface area contributed by atoms with Crippen LogP contribution in [0.25, 0.3) is 21.3 Å². The van der Waals surface area contributed by atoms with E-state index < -0.39 is 0 Å². The number of hydrogen-bond acceptors (Lipinski definition) is 4. The van der Waals surface area contributed by atoms with Gasteiger partial charge < -0.3 is 5.32 Å². The summed E-state index contributed by atoms with van der Waals surface area (Å²) < 4.78 is 1.21. The topological polar surface area (TPSA) is 54.9 Å². The lowest BCUT2D eigenvalue weighted by atomic mass is 10.1. The Morgan fingerprint density at radius 1 is 1.04 bits per heavy atom. The molecule has 25 heavy (non-hydrogen) atoms. The fourth-order valence-electron chi connectivity index (χ4n) is 2.66. The number of carbonyl (C=O) groups is 1. The van der Waals surface area contributed by atoms with Gasteiger partial charge in [-0.3, -0.25) is 9.78 Å². The van der Waals surface area contributed by atoms with Gasteiger partial charge in [0.05, 0.1) is 5.69 Å². The molecule has 1 amide bonds. The third kappa shape index (κ3) is 3.27. The quantitative estimate of drug-likeness (QED) is 0.600. The number of hydrogen-bond donors (Lipinski definition) is 1. The maximum atomic E-state index is 12.4. The average Bonchev–Trinajstić information content (AvgIpc) is 3.11. The second-order valence-electron chi connectivity index (χ2n) is 5.60. The van der Waals surface area contributed by atoms with Crippen LogP contribution in [0.2, 0.25) is 0 Å². The molecule has 3 heterocycles. The molecule has 0 spiro atoms. The van der Waals surface area contributed by atoms with Gasteiger partial charge in [0.1, 0.15) is 5.69 Å². The molecule has 0 saturated heterocycles. The van der Waals surface area contributed by atoms with Gasteiger partial charge in [-0.05, 0) is 29.8 Å².